The molecule has 4 aromatic rings. The van der Waals surface area contributed by atoms with Gasteiger partial charge in [0.2, 0.25) is 0 Å². The first kappa shape index (κ1) is 25.2. The molecule has 0 saturated carbocycles. The van der Waals surface area contributed by atoms with Crippen molar-refractivity contribution in [1.82, 2.24) is 19.7 Å². The van der Waals surface area contributed by atoms with Gasteiger partial charge in [-0.05, 0) is 42.8 Å². The molecule has 188 valence electrons. The third-order valence-electron chi connectivity index (χ3n) is 5.55. The predicted octanol–water partition coefficient (Wildman–Crippen LogP) is 4.92. The summed E-state index contributed by atoms with van der Waals surface area (Å²) in [6, 6.07) is 14.6. The Hall–Kier alpha value is -4.92. The van der Waals surface area contributed by atoms with Gasteiger partial charge in [0, 0.05) is 43.2 Å². The Bertz CT molecular complexity index is 1510. The van der Waals surface area contributed by atoms with Crippen LogP contribution in [0.1, 0.15) is 27.2 Å². The van der Waals surface area contributed by atoms with E-state index in [4.69, 9.17) is 0 Å². The van der Waals surface area contributed by atoms with Crippen molar-refractivity contribution in [3.63, 3.8) is 0 Å². The maximum atomic E-state index is 13.1. The quantitative estimate of drug-likeness (QED) is 0.382. The number of hydrogen-bond donors (Lipinski definition) is 2. The minimum Gasteiger partial charge on any atom is -0.373 e. The molecule has 0 fully saturated rings. The molecule has 9 nitrogen and oxygen atoms in total. The second-order valence-corrected chi connectivity index (χ2v) is 8.02. The first-order valence-electron chi connectivity index (χ1n) is 10.9. The number of carbonyl (C=O) groups excluding carboxylic acids is 1. The number of carbonyl (C=O) groups is 1. The smallest absolute Gasteiger partial charge is 0.373 e. The van der Waals surface area contributed by atoms with Crippen molar-refractivity contribution < 1.29 is 18.0 Å². The number of rotatable bonds is 6. The molecule has 1 amide bonds. The van der Waals surface area contributed by atoms with Crippen LogP contribution in [0.4, 0.5) is 36.2 Å². The number of nitriles is 1. The Morgan fingerprint density at radius 1 is 1.11 bits per heavy atom. The number of halogens is 3. The molecule has 0 aliphatic heterocycles. The van der Waals surface area contributed by atoms with Gasteiger partial charge in [-0.1, -0.05) is 12.1 Å². The van der Waals surface area contributed by atoms with Gasteiger partial charge in [-0.2, -0.15) is 28.2 Å². The van der Waals surface area contributed by atoms with Crippen molar-refractivity contribution in [2.75, 3.05) is 29.6 Å². The molecule has 37 heavy (non-hydrogen) atoms. The number of benzene rings is 2. The summed E-state index contributed by atoms with van der Waals surface area (Å²) < 4.78 is 40.7. The molecule has 2 aromatic carbocycles. The fraction of sp³-hybridized carbons (Fsp3) is 0.160. The lowest BCUT2D eigenvalue weighted by Crippen LogP contribution is -2.17. The molecular weight excluding hydrogens is 485 g/mol. The lowest BCUT2D eigenvalue weighted by Gasteiger charge is -2.23. The fourth-order valence-electron chi connectivity index (χ4n) is 3.64. The zero-order valence-corrected chi connectivity index (χ0v) is 20.0. The number of aromatic nitrogens is 4. The minimum absolute atomic E-state index is 0.119. The zero-order chi connectivity index (χ0) is 26.7. The van der Waals surface area contributed by atoms with Crippen LogP contribution in [0.5, 0.6) is 0 Å². The number of amides is 1. The van der Waals surface area contributed by atoms with Crippen LogP contribution in [-0.2, 0) is 6.18 Å². The third-order valence-corrected chi connectivity index (χ3v) is 5.55. The predicted molar refractivity (Wildman–Crippen MR) is 132 cm³/mol. The summed E-state index contributed by atoms with van der Waals surface area (Å²) in [4.78, 5) is 22.8. The molecule has 0 aliphatic carbocycles. The molecule has 12 heteroatoms. The van der Waals surface area contributed by atoms with Crippen molar-refractivity contribution in [1.29, 1.82) is 5.26 Å². The first-order valence-corrected chi connectivity index (χ1v) is 10.9. The lowest BCUT2D eigenvalue weighted by atomic mass is 10.1. The van der Waals surface area contributed by atoms with E-state index in [1.807, 2.05) is 13.0 Å². The lowest BCUT2D eigenvalue weighted by molar-refractivity contribution is -0.137. The van der Waals surface area contributed by atoms with Crippen molar-refractivity contribution in [2.24, 2.45) is 0 Å². The monoisotopic (exact) mass is 506 g/mol. The highest BCUT2D eigenvalue weighted by molar-refractivity contribution is 6.04. The van der Waals surface area contributed by atoms with Crippen molar-refractivity contribution in [2.45, 2.75) is 13.1 Å². The summed E-state index contributed by atoms with van der Waals surface area (Å²) >= 11 is 0. The molecule has 0 aliphatic rings. The van der Waals surface area contributed by atoms with Gasteiger partial charge in [0.05, 0.1) is 5.56 Å². The summed E-state index contributed by atoms with van der Waals surface area (Å²) in [6.07, 6.45) is -3.19. The Balaban J connectivity index is 1.67. The van der Waals surface area contributed by atoms with Gasteiger partial charge in [-0.15, -0.1) is 0 Å². The highest BCUT2D eigenvalue weighted by Gasteiger charge is 2.31. The fourth-order valence-corrected chi connectivity index (χ4v) is 3.64. The summed E-state index contributed by atoms with van der Waals surface area (Å²) in [5.41, 5.74) is 1.02. The van der Waals surface area contributed by atoms with Crippen LogP contribution in [0.3, 0.4) is 0 Å². The van der Waals surface area contributed by atoms with Gasteiger partial charge in [0.15, 0.2) is 11.5 Å². The summed E-state index contributed by atoms with van der Waals surface area (Å²) in [6.45, 7) is 1.86. The van der Waals surface area contributed by atoms with E-state index in [0.29, 0.717) is 28.8 Å². The molecular formula is C25H21F3N8O. The van der Waals surface area contributed by atoms with E-state index >= 15 is 0 Å². The van der Waals surface area contributed by atoms with Crippen LogP contribution < -0.4 is 15.5 Å². The average molecular weight is 506 g/mol. The van der Waals surface area contributed by atoms with E-state index in [9.17, 15) is 23.2 Å². The molecule has 4 rings (SSSR count). The summed E-state index contributed by atoms with van der Waals surface area (Å²) in [5, 5.41) is 19.3. The van der Waals surface area contributed by atoms with E-state index < -0.39 is 17.6 Å². The van der Waals surface area contributed by atoms with E-state index in [2.05, 4.69) is 25.7 Å². The molecule has 0 atom stereocenters. The number of alkyl halides is 3. The summed E-state index contributed by atoms with van der Waals surface area (Å²) in [5.74, 6) is 0.820. The molecule has 2 N–H and O–H groups in total. The SMILES string of the molecule is CNc1cc(-n2nc(C#N)cc2N(C)c2cc(NC(=O)c3cccc(C(F)(F)F)c3)ccc2C)ncn1. The summed E-state index contributed by atoms with van der Waals surface area (Å²) in [7, 11) is 3.47. The highest BCUT2D eigenvalue weighted by atomic mass is 19.4. The second-order valence-electron chi connectivity index (χ2n) is 8.02. The molecule has 0 radical (unpaired) electrons. The van der Waals surface area contributed by atoms with Crippen LogP contribution >= 0.6 is 0 Å². The molecule has 0 unspecified atom stereocenters. The van der Waals surface area contributed by atoms with E-state index in [-0.39, 0.29) is 11.3 Å². The van der Waals surface area contributed by atoms with Crippen LogP contribution in [0, 0.1) is 18.3 Å². The van der Waals surface area contributed by atoms with Gasteiger partial charge < -0.3 is 15.5 Å². The largest absolute Gasteiger partial charge is 0.416 e. The van der Waals surface area contributed by atoms with E-state index in [1.165, 1.54) is 23.1 Å². The Morgan fingerprint density at radius 3 is 2.59 bits per heavy atom. The minimum atomic E-state index is -4.56. The van der Waals surface area contributed by atoms with E-state index in [1.54, 1.807) is 49.3 Å². The van der Waals surface area contributed by atoms with Gasteiger partial charge in [-0.25, -0.2) is 9.97 Å². The Morgan fingerprint density at radius 2 is 1.89 bits per heavy atom. The standard InChI is InChI=1S/C25H21F3N8O/c1-15-7-8-18(33-24(37)16-5-4-6-17(9-16)25(26,27)28)10-20(15)35(3)23-11-19(13-29)34-36(23)22-12-21(30-2)31-14-32-22/h4-12,14H,1-3H3,(H,33,37)(H,30,31,32). The topological polar surface area (TPSA) is 112 Å². The number of hydrogen-bond acceptors (Lipinski definition) is 7. The number of nitrogens with one attached hydrogen (secondary N) is 2. The third kappa shape index (κ3) is 5.35. The highest BCUT2D eigenvalue weighted by Crippen LogP contribution is 2.32. The van der Waals surface area contributed by atoms with Crippen molar-refractivity contribution in [3.05, 3.63) is 83.3 Å². The Kier molecular flexibility index (Phi) is 6.79. The number of nitrogens with zero attached hydrogens (tertiary/aromatic N) is 6. The van der Waals surface area contributed by atoms with Crippen LogP contribution in [0.15, 0.2) is 60.9 Å². The van der Waals surface area contributed by atoms with Crippen LogP contribution in [0.25, 0.3) is 5.82 Å². The molecule has 0 saturated heterocycles. The van der Waals surface area contributed by atoms with Crippen molar-refractivity contribution in [3.8, 4) is 11.9 Å². The number of aryl methyl sites for hydroxylation is 1. The van der Waals surface area contributed by atoms with Crippen LogP contribution in [-0.4, -0.2) is 39.8 Å². The zero-order valence-electron chi connectivity index (χ0n) is 20.0. The molecule has 2 heterocycles. The maximum Gasteiger partial charge on any atom is 0.416 e. The van der Waals surface area contributed by atoms with Crippen LogP contribution in [0.2, 0.25) is 0 Å². The second kappa shape index (κ2) is 9.98. The van der Waals surface area contributed by atoms with Crippen molar-refractivity contribution >= 4 is 28.9 Å². The normalized spacial score (nSPS) is 11.1. The number of anilines is 4. The van der Waals surface area contributed by atoms with Gasteiger partial charge in [-0.3, -0.25) is 4.79 Å². The van der Waals surface area contributed by atoms with Gasteiger partial charge in [0.25, 0.3) is 5.91 Å². The van der Waals surface area contributed by atoms with Gasteiger partial charge >= 0.3 is 6.18 Å². The average Bonchev–Trinajstić information content (AvgIpc) is 3.34. The Labute approximate surface area is 210 Å². The first-order chi connectivity index (χ1) is 17.6. The molecule has 2 aromatic heterocycles. The van der Waals surface area contributed by atoms with E-state index in [0.717, 1.165) is 17.7 Å². The molecule has 0 spiro atoms. The maximum absolute atomic E-state index is 13.1. The van der Waals surface area contributed by atoms with Gasteiger partial charge in [0.1, 0.15) is 24.0 Å². The molecule has 0 bridgehead atoms.